The first-order chi connectivity index (χ1) is 17.6. The van der Waals surface area contributed by atoms with Gasteiger partial charge in [0.2, 0.25) is 5.91 Å². The maximum Gasteiger partial charge on any atom is 0.311 e. The van der Waals surface area contributed by atoms with Gasteiger partial charge in [-0.15, -0.1) is 0 Å². The Labute approximate surface area is 217 Å². The number of hydrogen-bond donors (Lipinski definition) is 0. The van der Waals surface area contributed by atoms with Gasteiger partial charge >= 0.3 is 5.97 Å². The molecule has 3 amide bonds. The second-order valence-electron chi connectivity index (χ2n) is 10.1. The summed E-state index contributed by atoms with van der Waals surface area (Å²) in [7, 11) is 1.57. The molecule has 2 heterocycles. The number of carbonyl (C=O) groups excluding carboxylic acids is 4. The number of nitrogens with zero attached hydrogens (tertiary/aromatic N) is 2. The Morgan fingerprint density at radius 2 is 1.62 bits per heavy atom. The molecular formula is C29H34N2O6. The minimum absolute atomic E-state index is 0.0114. The number of ether oxygens (including phenoxy) is 2. The summed E-state index contributed by atoms with van der Waals surface area (Å²) >= 11 is 0. The highest BCUT2D eigenvalue weighted by molar-refractivity contribution is 6.22. The van der Waals surface area contributed by atoms with Crippen LogP contribution in [0.25, 0.3) is 0 Å². The van der Waals surface area contributed by atoms with Crippen LogP contribution in [0.2, 0.25) is 0 Å². The van der Waals surface area contributed by atoms with E-state index in [0.29, 0.717) is 18.0 Å². The fraction of sp³-hybridized carbons (Fsp3) is 0.448. The molecule has 0 saturated carbocycles. The van der Waals surface area contributed by atoms with E-state index in [1.807, 2.05) is 20.8 Å². The van der Waals surface area contributed by atoms with Crippen LogP contribution in [0.5, 0.6) is 11.5 Å². The predicted molar refractivity (Wildman–Crippen MR) is 138 cm³/mol. The van der Waals surface area contributed by atoms with Crippen molar-refractivity contribution in [1.29, 1.82) is 0 Å². The third kappa shape index (κ3) is 5.10. The Bertz CT molecular complexity index is 1180. The van der Waals surface area contributed by atoms with Crippen molar-refractivity contribution in [3.8, 4) is 11.5 Å². The number of esters is 1. The number of fused-ring (bicyclic) bond motifs is 1. The van der Waals surface area contributed by atoms with Crippen molar-refractivity contribution in [3.05, 3.63) is 58.7 Å². The van der Waals surface area contributed by atoms with Crippen LogP contribution in [0.4, 0.5) is 0 Å². The molecule has 0 spiro atoms. The van der Waals surface area contributed by atoms with E-state index in [1.54, 1.807) is 55.3 Å². The molecule has 0 aliphatic carbocycles. The number of methoxy groups -OCH3 is 1. The van der Waals surface area contributed by atoms with E-state index in [-0.39, 0.29) is 29.5 Å². The van der Waals surface area contributed by atoms with Crippen LogP contribution in [-0.4, -0.2) is 59.2 Å². The molecule has 4 rings (SSSR count). The lowest BCUT2D eigenvalue weighted by molar-refractivity contribution is -0.142. The second kappa shape index (κ2) is 10.7. The highest BCUT2D eigenvalue weighted by atomic mass is 16.5. The van der Waals surface area contributed by atoms with Crippen molar-refractivity contribution >= 4 is 23.7 Å². The number of carbonyl (C=O) groups is 4. The van der Waals surface area contributed by atoms with Crippen LogP contribution in [0, 0.1) is 19.8 Å². The van der Waals surface area contributed by atoms with E-state index in [2.05, 4.69) is 0 Å². The molecule has 0 radical (unpaired) electrons. The highest BCUT2D eigenvalue weighted by Crippen LogP contribution is 2.32. The van der Waals surface area contributed by atoms with Gasteiger partial charge in [0.1, 0.15) is 17.5 Å². The summed E-state index contributed by atoms with van der Waals surface area (Å²) in [4.78, 5) is 56.5. The zero-order chi connectivity index (χ0) is 26.9. The molecule has 1 saturated heterocycles. The van der Waals surface area contributed by atoms with E-state index in [4.69, 9.17) is 9.47 Å². The van der Waals surface area contributed by atoms with E-state index in [1.165, 1.54) is 0 Å². The lowest BCUT2D eigenvalue weighted by Crippen LogP contribution is -2.57. The Morgan fingerprint density at radius 3 is 2.16 bits per heavy atom. The molecule has 8 heteroatoms. The van der Waals surface area contributed by atoms with Gasteiger partial charge in [0.05, 0.1) is 24.7 Å². The fourth-order valence-corrected chi connectivity index (χ4v) is 5.38. The third-order valence-corrected chi connectivity index (χ3v) is 7.36. The number of amides is 3. The Kier molecular flexibility index (Phi) is 7.66. The van der Waals surface area contributed by atoms with Crippen LogP contribution >= 0.6 is 0 Å². The molecular weight excluding hydrogens is 472 g/mol. The molecule has 2 aromatic rings. The molecule has 0 N–H and O–H groups in total. The quantitative estimate of drug-likeness (QED) is 0.316. The number of hydrogen-bond acceptors (Lipinski definition) is 6. The van der Waals surface area contributed by atoms with Crippen molar-refractivity contribution in [2.24, 2.45) is 5.92 Å². The summed E-state index contributed by atoms with van der Waals surface area (Å²) in [5, 5.41) is 0. The summed E-state index contributed by atoms with van der Waals surface area (Å²) in [5.41, 5.74) is 2.04. The van der Waals surface area contributed by atoms with Gasteiger partial charge in [-0.3, -0.25) is 24.1 Å². The first kappa shape index (κ1) is 26.4. The highest BCUT2D eigenvalue weighted by Gasteiger charge is 2.47. The molecule has 1 fully saturated rings. The molecule has 196 valence electrons. The van der Waals surface area contributed by atoms with Crippen LogP contribution in [0.3, 0.4) is 0 Å². The largest absolute Gasteiger partial charge is 0.497 e. The molecule has 37 heavy (non-hydrogen) atoms. The second-order valence-corrected chi connectivity index (χ2v) is 10.1. The first-order valence-corrected chi connectivity index (χ1v) is 12.8. The zero-order valence-corrected chi connectivity index (χ0v) is 22.1. The van der Waals surface area contributed by atoms with Gasteiger partial charge in [-0.2, -0.15) is 0 Å². The van der Waals surface area contributed by atoms with Gasteiger partial charge in [-0.25, -0.2) is 0 Å². The lowest BCUT2D eigenvalue weighted by Gasteiger charge is -2.39. The zero-order valence-electron chi connectivity index (χ0n) is 22.1. The summed E-state index contributed by atoms with van der Waals surface area (Å²) in [5.74, 6) is -1.42. The lowest BCUT2D eigenvalue weighted by atomic mass is 9.93. The van der Waals surface area contributed by atoms with Gasteiger partial charge < -0.3 is 14.4 Å². The van der Waals surface area contributed by atoms with Gasteiger partial charge in [0, 0.05) is 12.6 Å². The van der Waals surface area contributed by atoms with Crippen molar-refractivity contribution in [3.63, 3.8) is 0 Å². The molecule has 2 aromatic carbocycles. The van der Waals surface area contributed by atoms with Gasteiger partial charge in [0.15, 0.2) is 0 Å². The van der Waals surface area contributed by atoms with Crippen LogP contribution in [0.15, 0.2) is 36.4 Å². The van der Waals surface area contributed by atoms with Gasteiger partial charge in [-0.05, 0) is 81.3 Å². The number of imide groups is 1. The predicted octanol–water partition coefficient (Wildman–Crippen LogP) is 4.31. The maximum atomic E-state index is 13.9. The Hall–Kier alpha value is -3.68. The number of aryl methyl sites for hydroxylation is 2. The van der Waals surface area contributed by atoms with Crippen LogP contribution in [-0.2, 0) is 9.59 Å². The van der Waals surface area contributed by atoms with E-state index >= 15 is 0 Å². The first-order valence-electron chi connectivity index (χ1n) is 12.8. The van der Waals surface area contributed by atoms with E-state index in [9.17, 15) is 19.2 Å². The molecule has 8 nitrogen and oxygen atoms in total. The van der Waals surface area contributed by atoms with Crippen LogP contribution < -0.4 is 9.47 Å². The Balaban J connectivity index is 1.61. The number of likely N-dealkylation sites (tertiary alicyclic amines) is 1. The number of rotatable bonds is 7. The molecule has 3 atom stereocenters. The topological polar surface area (TPSA) is 93.2 Å². The molecule has 2 aliphatic heterocycles. The average Bonchev–Trinajstić information content (AvgIpc) is 3.11. The number of piperidine rings is 1. The average molecular weight is 507 g/mol. The summed E-state index contributed by atoms with van der Waals surface area (Å²) < 4.78 is 11.0. The monoisotopic (exact) mass is 506 g/mol. The molecule has 0 aromatic heterocycles. The van der Waals surface area contributed by atoms with Gasteiger partial charge in [0.25, 0.3) is 11.8 Å². The Morgan fingerprint density at radius 1 is 1.03 bits per heavy atom. The van der Waals surface area contributed by atoms with Crippen molar-refractivity contribution in [2.45, 2.75) is 65.5 Å². The minimum atomic E-state index is -1.11. The van der Waals surface area contributed by atoms with Gasteiger partial charge in [-0.1, -0.05) is 19.1 Å². The summed E-state index contributed by atoms with van der Waals surface area (Å²) in [6.45, 7) is 7.90. The fourth-order valence-electron chi connectivity index (χ4n) is 5.38. The minimum Gasteiger partial charge on any atom is -0.497 e. The standard InChI is InChI=1S/C29H34N2O6/c1-17(16-24(32)37-26-18(2)14-21(36-5)15-19(26)3)25(29(35)30-13-9-8-10-20(30)4)31-27(33)22-11-6-7-12-23(22)28(31)34/h6-7,11-12,14-15,17,20,25H,8-10,13,16H2,1-5H3. The molecule has 0 bridgehead atoms. The van der Waals surface area contributed by atoms with Crippen molar-refractivity contribution in [1.82, 2.24) is 9.80 Å². The summed E-state index contributed by atoms with van der Waals surface area (Å²) in [6.07, 6.45) is 2.59. The van der Waals surface area contributed by atoms with Crippen molar-refractivity contribution in [2.75, 3.05) is 13.7 Å². The SMILES string of the molecule is COc1cc(C)c(OC(=O)CC(C)C(C(=O)N2CCCCC2C)N2C(=O)c3ccccc3C2=O)c(C)c1. The van der Waals surface area contributed by atoms with Crippen molar-refractivity contribution < 1.29 is 28.7 Å². The summed E-state index contributed by atoms with van der Waals surface area (Å²) in [6, 6.07) is 9.00. The van der Waals surface area contributed by atoms with E-state index < -0.39 is 29.7 Å². The third-order valence-electron chi connectivity index (χ3n) is 7.36. The van der Waals surface area contributed by atoms with E-state index in [0.717, 1.165) is 35.3 Å². The maximum absolute atomic E-state index is 13.9. The molecule has 2 aliphatic rings. The smallest absolute Gasteiger partial charge is 0.311 e. The van der Waals surface area contributed by atoms with Crippen LogP contribution in [0.1, 0.15) is 71.4 Å². The normalized spacial score (nSPS) is 18.9. The number of benzene rings is 2. The molecule has 3 unspecified atom stereocenters.